The second kappa shape index (κ2) is 3.02. The van der Waals surface area contributed by atoms with E-state index in [1.165, 1.54) is 12.7 Å². The van der Waals surface area contributed by atoms with Crippen molar-refractivity contribution >= 4 is 5.82 Å². The number of nitrogens with zero attached hydrogens (tertiary/aromatic N) is 4. The summed E-state index contributed by atoms with van der Waals surface area (Å²) < 4.78 is 26.9. The monoisotopic (exact) mass is 197 g/mol. The maximum atomic E-state index is 13.1. The molecule has 2 heterocycles. The fraction of sp³-hybridized carbons (Fsp3) is 0. The van der Waals surface area contributed by atoms with E-state index in [4.69, 9.17) is 5.73 Å². The predicted octanol–water partition coefficient (Wildman–Crippen LogP) is 0.523. The van der Waals surface area contributed by atoms with Crippen LogP contribution in [0.2, 0.25) is 0 Å². The van der Waals surface area contributed by atoms with Gasteiger partial charge in [0.25, 0.3) is 0 Å². The van der Waals surface area contributed by atoms with E-state index in [9.17, 15) is 8.78 Å². The first kappa shape index (κ1) is 8.54. The molecule has 0 amide bonds. The molecule has 0 unspecified atom stereocenters. The number of hydrogen-bond acceptors (Lipinski definition) is 4. The first-order valence-corrected chi connectivity index (χ1v) is 3.65. The quantitative estimate of drug-likeness (QED) is 0.723. The molecule has 0 saturated carbocycles. The van der Waals surface area contributed by atoms with Crippen LogP contribution in [0.15, 0.2) is 18.7 Å². The fourth-order valence-electron chi connectivity index (χ4n) is 0.949. The van der Waals surface area contributed by atoms with Gasteiger partial charge in [-0.2, -0.15) is 9.78 Å². The number of nitrogens with two attached hydrogens (primary N) is 1. The van der Waals surface area contributed by atoms with E-state index in [-0.39, 0.29) is 11.6 Å². The van der Waals surface area contributed by atoms with E-state index in [0.717, 1.165) is 4.68 Å². The minimum absolute atomic E-state index is 0.179. The minimum Gasteiger partial charge on any atom is -0.381 e. The van der Waals surface area contributed by atoms with Crippen molar-refractivity contribution < 1.29 is 8.78 Å². The predicted molar refractivity (Wildman–Crippen MR) is 43.5 cm³/mol. The molecule has 14 heavy (non-hydrogen) atoms. The van der Waals surface area contributed by atoms with E-state index in [2.05, 4.69) is 15.1 Å². The fourth-order valence-corrected chi connectivity index (χ4v) is 0.949. The normalized spacial score (nSPS) is 10.4. The molecule has 2 aromatic rings. The van der Waals surface area contributed by atoms with Crippen molar-refractivity contribution in [1.82, 2.24) is 19.7 Å². The zero-order valence-electron chi connectivity index (χ0n) is 6.85. The molecule has 2 rings (SSSR count). The summed E-state index contributed by atoms with van der Waals surface area (Å²) in [6.07, 6.45) is 2.45. The van der Waals surface area contributed by atoms with E-state index in [0.29, 0.717) is 6.07 Å². The third-order valence-corrected chi connectivity index (χ3v) is 1.57. The summed E-state index contributed by atoms with van der Waals surface area (Å²) in [4.78, 5) is 7.11. The van der Waals surface area contributed by atoms with Gasteiger partial charge in [-0.1, -0.05) is 0 Å². The van der Waals surface area contributed by atoms with Gasteiger partial charge in [0.2, 0.25) is 0 Å². The van der Waals surface area contributed by atoms with Crippen LogP contribution in [0.25, 0.3) is 5.82 Å². The van der Waals surface area contributed by atoms with Crippen LogP contribution >= 0.6 is 0 Å². The molecule has 0 fully saturated rings. The lowest BCUT2D eigenvalue weighted by atomic mass is 10.4. The summed E-state index contributed by atoms with van der Waals surface area (Å²) in [7, 11) is 0. The van der Waals surface area contributed by atoms with Crippen LogP contribution in [-0.2, 0) is 0 Å². The first-order chi connectivity index (χ1) is 6.68. The van der Waals surface area contributed by atoms with Crippen LogP contribution in [0.3, 0.4) is 0 Å². The van der Waals surface area contributed by atoms with Gasteiger partial charge in [0.1, 0.15) is 12.7 Å². The average molecular weight is 197 g/mol. The van der Waals surface area contributed by atoms with Gasteiger partial charge in [-0.3, -0.25) is 0 Å². The van der Waals surface area contributed by atoms with Crippen molar-refractivity contribution in [1.29, 1.82) is 0 Å². The Morgan fingerprint density at radius 1 is 1.29 bits per heavy atom. The maximum Gasteiger partial charge on any atom is 0.193 e. The molecular weight excluding hydrogens is 192 g/mol. The van der Waals surface area contributed by atoms with Gasteiger partial charge in [0.15, 0.2) is 23.3 Å². The minimum atomic E-state index is -0.897. The average Bonchev–Trinajstić information content (AvgIpc) is 2.64. The first-order valence-electron chi connectivity index (χ1n) is 3.65. The highest BCUT2D eigenvalue weighted by Gasteiger charge is 2.11. The van der Waals surface area contributed by atoms with Crippen molar-refractivity contribution in [2.75, 3.05) is 5.73 Å². The Labute approximate surface area is 77.2 Å². The molecular formula is C7H5F2N5. The van der Waals surface area contributed by atoms with Gasteiger partial charge in [0.05, 0.1) is 0 Å². The van der Waals surface area contributed by atoms with E-state index in [1.807, 2.05) is 0 Å². The lowest BCUT2D eigenvalue weighted by molar-refractivity contribution is 0.564. The van der Waals surface area contributed by atoms with Gasteiger partial charge in [0, 0.05) is 6.07 Å². The number of anilines is 1. The van der Waals surface area contributed by atoms with Crippen LogP contribution in [0.1, 0.15) is 0 Å². The van der Waals surface area contributed by atoms with Crippen LogP contribution in [-0.4, -0.2) is 19.7 Å². The molecule has 0 aliphatic carbocycles. The second-order valence-corrected chi connectivity index (χ2v) is 2.50. The Kier molecular flexibility index (Phi) is 1.84. The third-order valence-electron chi connectivity index (χ3n) is 1.57. The van der Waals surface area contributed by atoms with Gasteiger partial charge in [-0.15, -0.1) is 0 Å². The number of nitrogen functional groups attached to an aromatic ring is 1. The SMILES string of the molecule is Nc1nc(-n2cncn2)c(F)cc1F. The zero-order chi connectivity index (χ0) is 10.1. The topological polar surface area (TPSA) is 69.6 Å². The lowest BCUT2D eigenvalue weighted by Gasteiger charge is -2.02. The van der Waals surface area contributed by atoms with Crippen molar-refractivity contribution in [3.05, 3.63) is 30.4 Å². The molecule has 5 nitrogen and oxygen atoms in total. The molecule has 7 heteroatoms. The van der Waals surface area contributed by atoms with E-state index >= 15 is 0 Å². The second-order valence-electron chi connectivity index (χ2n) is 2.50. The van der Waals surface area contributed by atoms with Gasteiger partial charge >= 0.3 is 0 Å². The van der Waals surface area contributed by atoms with Crippen LogP contribution in [0.5, 0.6) is 0 Å². The number of aromatic nitrogens is 4. The zero-order valence-corrected chi connectivity index (χ0v) is 6.85. The largest absolute Gasteiger partial charge is 0.381 e. The molecule has 0 aliphatic rings. The lowest BCUT2D eigenvalue weighted by Crippen LogP contribution is -2.06. The third kappa shape index (κ3) is 1.28. The molecule has 0 spiro atoms. The Hall–Kier alpha value is -2.05. The van der Waals surface area contributed by atoms with Crippen LogP contribution in [0.4, 0.5) is 14.6 Å². The molecule has 0 aliphatic heterocycles. The number of hydrogen-bond donors (Lipinski definition) is 1. The van der Waals surface area contributed by atoms with E-state index in [1.54, 1.807) is 0 Å². The summed E-state index contributed by atoms with van der Waals surface area (Å²) in [6, 6.07) is 0.652. The standard InChI is InChI=1S/C7H5F2N5/c8-4-1-5(9)7(13-6(4)10)14-3-11-2-12-14/h1-3H,(H2,10,13). The number of pyridine rings is 1. The van der Waals surface area contributed by atoms with Crippen molar-refractivity contribution in [3.63, 3.8) is 0 Å². The smallest absolute Gasteiger partial charge is 0.193 e. The summed E-state index contributed by atoms with van der Waals surface area (Å²) in [6.45, 7) is 0. The van der Waals surface area contributed by atoms with Crippen molar-refractivity contribution in [3.8, 4) is 5.82 Å². The van der Waals surface area contributed by atoms with Crippen molar-refractivity contribution in [2.24, 2.45) is 0 Å². The Bertz CT molecular complexity index is 453. The molecule has 0 radical (unpaired) electrons. The maximum absolute atomic E-state index is 13.1. The molecule has 0 bridgehead atoms. The highest BCUT2D eigenvalue weighted by atomic mass is 19.1. The van der Waals surface area contributed by atoms with Gasteiger partial charge in [-0.25, -0.2) is 18.7 Å². The summed E-state index contributed by atoms with van der Waals surface area (Å²) >= 11 is 0. The molecule has 0 saturated heterocycles. The summed E-state index contributed by atoms with van der Waals surface area (Å²) in [5.41, 5.74) is 5.18. The summed E-state index contributed by atoms with van der Waals surface area (Å²) in [5, 5.41) is 3.64. The number of rotatable bonds is 1. The van der Waals surface area contributed by atoms with Gasteiger partial charge < -0.3 is 5.73 Å². The Morgan fingerprint density at radius 3 is 2.71 bits per heavy atom. The van der Waals surface area contributed by atoms with Crippen molar-refractivity contribution in [2.45, 2.75) is 0 Å². The number of halogens is 2. The summed E-state index contributed by atoms with van der Waals surface area (Å²) in [5.74, 6) is -2.30. The molecule has 0 atom stereocenters. The van der Waals surface area contributed by atoms with Crippen LogP contribution < -0.4 is 5.73 Å². The molecule has 2 aromatic heterocycles. The highest BCUT2D eigenvalue weighted by Crippen LogP contribution is 2.14. The van der Waals surface area contributed by atoms with Gasteiger partial charge in [-0.05, 0) is 0 Å². The van der Waals surface area contributed by atoms with Crippen LogP contribution in [0, 0.1) is 11.6 Å². The Balaban J connectivity index is 2.60. The molecule has 0 aromatic carbocycles. The molecule has 72 valence electrons. The Morgan fingerprint density at radius 2 is 2.07 bits per heavy atom. The van der Waals surface area contributed by atoms with E-state index < -0.39 is 11.6 Å². The highest BCUT2D eigenvalue weighted by molar-refractivity contribution is 5.37. The molecule has 2 N–H and O–H groups in total.